The molecule has 0 unspecified atom stereocenters. The third-order valence-corrected chi connectivity index (χ3v) is 5.37. The van der Waals surface area contributed by atoms with Crippen LogP contribution in [-0.2, 0) is 0 Å². The molecule has 0 bridgehead atoms. The number of amides is 1. The Morgan fingerprint density at radius 3 is 2.74 bits per heavy atom. The maximum absolute atomic E-state index is 14.1. The van der Waals surface area contributed by atoms with Gasteiger partial charge in [0.15, 0.2) is 11.5 Å². The van der Waals surface area contributed by atoms with Gasteiger partial charge in [0.05, 0.1) is 22.9 Å². The van der Waals surface area contributed by atoms with E-state index in [1.54, 1.807) is 24.4 Å². The Morgan fingerprint density at radius 1 is 1.19 bits per heavy atom. The molecule has 1 aliphatic rings. The highest BCUT2D eigenvalue weighted by molar-refractivity contribution is 5.95. The van der Waals surface area contributed by atoms with Gasteiger partial charge in [0.1, 0.15) is 5.82 Å². The van der Waals surface area contributed by atoms with Crippen LogP contribution in [0.25, 0.3) is 27.9 Å². The van der Waals surface area contributed by atoms with Crippen molar-refractivity contribution in [1.29, 1.82) is 0 Å². The molecule has 0 atom stereocenters. The summed E-state index contributed by atoms with van der Waals surface area (Å²) in [7, 11) is 0. The molecule has 0 radical (unpaired) electrons. The minimum atomic E-state index is -0.358. The Bertz CT molecular complexity index is 1260. The summed E-state index contributed by atoms with van der Waals surface area (Å²) in [6.07, 6.45) is 4.38. The first-order valence-electron chi connectivity index (χ1n) is 10.4. The van der Waals surface area contributed by atoms with Gasteiger partial charge < -0.3 is 15.7 Å². The van der Waals surface area contributed by atoms with Crippen LogP contribution >= 0.6 is 0 Å². The molecule has 1 saturated carbocycles. The van der Waals surface area contributed by atoms with Gasteiger partial charge in [-0.1, -0.05) is 12.1 Å². The topological polar surface area (TPSA) is 91.5 Å². The summed E-state index contributed by atoms with van der Waals surface area (Å²) in [5, 5.41) is 15.3. The van der Waals surface area contributed by atoms with Crippen LogP contribution in [-0.4, -0.2) is 44.6 Å². The van der Waals surface area contributed by atoms with Gasteiger partial charge in [-0.05, 0) is 43.5 Å². The SMILES string of the molecule is O=C(NC1CC1)c1ccc(-c2cnc3c(NCCCO)nc4ccc(F)cc4n23)cc1. The lowest BCUT2D eigenvalue weighted by atomic mass is 10.1. The summed E-state index contributed by atoms with van der Waals surface area (Å²) >= 11 is 0. The molecule has 0 aliphatic heterocycles. The Kier molecular flexibility index (Phi) is 4.99. The van der Waals surface area contributed by atoms with Crippen molar-refractivity contribution in [1.82, 2.24) is 19.7 Å². The second-order valence-electron chi connectivity index (χ2n) is 7.72. The molecule has 31 heavy (non-hydrogen) atoms. The van der Waals surface area contributed by atoms with Crippen LogP contribution in [0.15, 0.2) is 48.7 Å². The van der Waals surface area contributed by atoms with E-state index < -0.39 is 0 Å². The van der Waals surface area contributed by atoms with Crippen molar-refractivity contribution in [3.63, 3.8) is 0 Å². The molecule has 0 spiro atoms. The molecule has 5 rings (SSSR count). The Labute approximate surface area is 177 Å². The molecule has 2 aromatic heterocycles. The normalized spacial score (nSPS) is 13.6. The molecule has 4 aromatic rings. The lowest BCUT2D eigenvalue weighted by Crippen LogP contribution is -2.25. The van der Waals surface area contributed by atoms with Crippen molar-refractivity contribution in [3.05, 3.63) is 60.0 Å². The first-order chi connectivity index (χ1) is 15.1. The van der Waals surface area contributed by atoms with Crippen LogP contribution in [0.3, 0.4) is 0 Å². The summed E-state index contributed by atoms with van der Waals surface area (Å²) in [5.41, 5.74) is 4.03. The minimum Gasteiger partial charge on any atom is -0.396 e. The van der Waals surface area contributed by atoms with Gasteiger partial charge >= 0.3 is 0 Å². The van der Waals surface area contributed by atoms with E-state index in [1.807, 2.05) is 16.5 Å². The number of nitrogens with one attached hydrogen (secondary N) is 2. The molecule has 2 heterocycles. The van der Waals surface area contributed by atoms with Crippen LogP contribution in [0.5, 0.6) is 0 Å². The minimum absolute atomic E-state index is 0.0701. The second kappa shape index (κ2) is 7.96. The predicted octanol–water partition coefficient (Wildman–Crippen LogP) is 3.38. The Balaban J connectivity index is 1.59. The maximum atomic E-state index is 14.1. The van der Waals surface area contributed by atoms with Gasteiger partial charge in [0.2, 0.25) is 0 Å². The number of aliphatic hydroxyl groups excluding tert-OH is 1. The summed E-state index contributed by atoms with van der Waals surface area (Å²) in [6.45, 7) is 0.612. The van der Waals surface area contributed by atoms with Crippen LogP contribution in [0, 0.1) is 5.82 Å². The zero-order valence-corrected chi connectivity index (χ0v) is 16.8. The second-order valence-corrected chi connectivity index (χ2v) is 7.72. The lowest BCUT2D eigenvalue weighted by Gasteiger charge is -2.12. The summed E-state index contributed by atoms with van der Waals surface area (Å²) in [4.78, 5) is 21.4. The van der Waals surface area contributed by atoms with Gasteiger partial charge in [-0.25, -0.2) is 14.4 Å². The highest BCUT2D eigenvalue weighted by Gasteiger charge is 2.24. The zero-order chi connectivity index (χ0) is 21.4. The van der Waals surface area contributed by atoms with Crippen molar-refractivity contribution in [3.8, 4) is 11.3 Å². The fourth-order valence-electron chi connectivity index (χ4n) is 3.60. The third-order valence-electron chi connectivity index (χ3n) is 5.37. The number of halogens is 1. The standard InChI is InChI=1S/C23H22FN5O2/c24-16-6-9-18-19(12-16)29-20(13-26-22(29)21(28-18)25-10-1-11-30)14-2-4-15(5-3-14)23(31)27-17-7-8-17/h2-6,9,12-13,17,30H,1,7-8,10-11H2,(H,25,28)(H,27,31). The summed E-state index contributed by atoms with van der Waals surface area (Å²) < 4.78 is 15.9. The van der Waals surface area contributed by atoms with Crippen LogP contribution in [0.1, 0.15) is 29.6 Å². The number of fused-ring (bicyclic) bond motifs is 3. The van der Waals surface area contributed by atoms with E-state index in [1.165, 1.54) is 12.1 Å². The molecule has 0 saturated heterocycles. The summed E-state index contributed by atoms with van der Waals surface area (Å²) in [6, 6.07) is 12.1. The molecular weight excluding hydrogens is 397 g/mol. The number of aromatic nitrogens is 3. The maximum Gasteiger partial charge on any atom is 0.251 e. The van der Waals surface area contributed by atoms with Crippen molar-refractivity contribution >= 4 is 28.4 Å². The van der Waals surface area contributed by atoms with E-state index in [0.29, 0.717) is 47.1 Å². The number of aliphatic hydroxyl groups is 1. The van der Waals surface area contributed by atoms with Gasteiger partial charge in [0, 0.05) is 36.4 Å². The number of rotatable bonds is 7. The van der Waals surface area contributed by atoms with Crippen LogP contribution in [0.2, 0.25) is 0 Å². The largest absolute Gasteiger partial charge is 0.396 e. The molecule has 1 fully saturated rings. The molecular formula is C23H22FN5O2. The highest BCUT2D eigenvalue weighted by atomic mass is 19.1. The fraction of sp³-hybridized carbons (Fsp3) is 0.261. The Morgan fingerprint density at radius 2 is 2.00 bits per heavy atom. The van der Waals surface area contributed by atoms with Gasteiger partial charge in [-0.3, -0.25) is 9.20 Å². The number of carbonyl (C=O) groups excluding carboxylic acids is 1. The molecule has 1 amide bonds. The number of hydrogen-bond acceptors (Lipinski definition) is 5. The fourth-order valence-corrected chi connectivity index (χ4v) is 3.60. The van der Waals surface area contributed by atoms with Crippen LogP contribution < -0.4 is 10.6 Å². The summed E-state index contributed by atoms with van der Waals surface area (Å²) in [5.74, 6) is 0.141. The van der Waals surface area contributed by atoms with E-state index in [0.717, 1.165) is 24.1 Å². The van der Waals surface area contributed by atoms with Crippen molar-refractivity contribution in [2.24, 2.45) is 0 Å². The van der Waals surface area contributed by atoms with E-state index >= 15 is 0 Å². The molecule has 158 valence electrons. The van der Waals surface area contributed by atoms with Gasteiger partial charge in [-0.15, -0.1) is 0 Å². The third kappa shape index (κ3) is 3.82. The molecule has 3 N–H and O–H groups in total. The molecule has 7 nitrogen and oxygen atoms in total. The molecule has 2 aromatic carbocycles. The predicted molar refractivity (Wildman–Crippen MR) is 117 cm³/mol. The lowest BCUT2D eigenvalue weighted by molar-refractivity contribution is 0.0951. The number of anilines is 1. The van der Waals surface area contributed by atoms with Gasteiger partial charge in [-0.2, -0.15) is 0 Å². The van der Waals surface area contributed by atoms with Crippen molar-refractivity contribution < 1.29 is 14.3 Å². The Hall–Kier alpha value is -3.52. The quantitative estimate of drug-likeness (QED) is 0.400. The number of benzene rings is 2. The number of imidazole rings is 1. The van der Waals surface area contributed by atoms with E-state index in [-0.39, 0.29) is 18.3 Å². The zero-order valence-electron chi connectivity index (χ0n) is 16.8. The van der Waals surface area contributed by atoms with Gasteiger partial charge in [0.25, 0.3) is 5.91 Å². The average molecular weight is 419 g/mol. The molecule has 8 heteroatoms. The number of nitrogens with zero attached hydrogens (tertiary/aromatic N) is 3. The monoisotopic (exact) mass is 419 g/mol. The number of hydrogen-bond donors (Lipinski definition) is 3. The number of carbonyl (C=O) groups is 1. The van der Waals surface area contributed by atoms with Crippen molar-refractivity contribution in [2.75, 3.05) is 18.5 Å². The van der Waals surface area contributed by atoms with E-state index in [2.05, 4.69) is 20.6 Å². The van der Waals surface area contributed by atoms with E-state index in [9.17, 15) is 9.18 Å². The first kappa shape index (κ1) is 19.4. The van der Waals surface area contributed by atoms with Crippen LogP contribution in [0.4, 0.5) is 10.2 Å². The average Bonchev–Trinajstić information content (AvgIpc) is 3.48. The first-order valence-corrected chi connectivity index (χ1v) is 10.4. The molecule has 1 aliphatic carbocycles. The van der Waals surface area contributed by atoms with E-state index in [4.69, 9.17) is 5.11 Å². The smallest absolute Gasteiger partial charge is 0.251 e. The van der Waals surface area contributed by atoms with Crippen molar-refractivity contribution in [2.45, 2.75) is 25.3 Å². The highest BCUT2D eigenvalue weighted by Crippen LogP contribution is 2.29.